The summed E-state index contributed by atoms with van der Waals surface area (Å²) in [6, 6.07) is 0. The monoisotopic (exact) mass is 111 g/mol. The molecule has 4 heteroatoms. The molecule has 0 aliphatic carbocycles. The molecule has 0 amide bonds. The Hall–Kier alpha value is -0.510. The third kappa shape index (κ3) is 2.22. The fourth-order valence-corrected chi connectivity index (χ4v) is 0.0592. The van der Waals surface area contributed by atoms with Crippen molar-refractivity contribution in [3.8, 4) is 0 Å². The number of alkyl halides is 1. The minimum Gasteiger partial charge on any atom is -0.220 e. The summed E-state index contributed by atoms with van der Waals surface area (Å²) < 4.78 is 33.2. The Bertz CT molecular complexity index is 72.6. The maximum Gasteiger partial charge on any atom is 0.227 e. The lowest BCUT2D eigenvalue weighted by Crippen LogP contribution is -2.14. The number of rotatable bonds is 2. The van der Waals surface area contributed by atoms with Gasteiger partial charge >= 0.3 is 0 Å². The number of halogens is 3. The quantitative estimate of drug-likeness (QED) is 0.417. The van der Waals surface area contributed by atoms with Crippen LogP contribution in [-0.4, -0.2) is 6.30 Å². The molecule has 7 heavy (non-hydrogen) atoms. The Kier molecular flexibility index (Phi) is 2.44. The van der Waals surface area contributed by atoms with Gasteiger partial charge in [0.25, 0.3) is 0 Å². The average Bonchev–Trinajstić information content (AvgIpc) is 1.65. The van der Waals surface area contributed by atoms with E-state index >= 15 is 0 Å². The fourth-order valence-electron chi connectivity index (χ4n) is 0.0592. The highest BCUT2D eigenvalue weighted by atomic mass is 19.2. The molecule has 1 unspecified atom stereocenters. The van der Waals surface area contributed by atoms with Crippen molar-refractivity contribution in [3.05, 3.63) is 12.4 Å². The van der Waals surface area contributed by atoms with Gasteiger partial charge in [-0.05, 0) is 0 Å². The van der Waals surface area contributed by atoms with Crippen molar-refractivity contribution in [3.63, 3.8) is 0 Å². The summed E-state index contributed by atoms with van der Waals surface area (Å²) in [6.45, 7) is 2.48. The van der Waals surface area contributed by atoms with Crippen molar-refractivity contribution in [2.75, 3.05) is 0 Å². The maximum atomic E-state index is 11.3. The van der Waals surface area contributed by atoms with Gasteiger partial charge in [-0.3, -0.25) is 0 Å². The summed E-state index contributed by atoms with van der Waals surface area (Å²) in [5.41, 5.74) is 0.523. The van der Waals surface area contributed by atoms with Gasteiger partial charge in [0.1, 0.15) is 5.83 Å². The fraction of sp³-hybridized carbons (Fsp3) is 0.333. The Morgan fingerprint density at radius 3 is 2.14 bits per heavy atom. The second-order valence-corrected chi connectivity index (χ2v) is 0.919. The minimum atomic E-state index is -2.38. The zero-order valence-electron chi connectivity index (χ0n) is 3.42. The van der Waals surface area contributed by atoms with E-state index in [1.807, 2.05) is 0 Å². The molecule has 1 N–H and O–H groups in total. The lowest BCUT2D eigenvalue weighted by molar-refractivity contribution is 0.162. The molecule has 0 aliphatic heterocycles. The van der Waals surface area contributed by atoms with E-state index in [1.165, 1.54) is 0 Å². The highest BCUT2D eigenvalue weighted by Crippen LogP contribution is 2.00. The Morgan fingerprint density at radius 2 is 2.14 bits per heavy atom. The first-order valence-corrected chi connectivity index (χ1v) is 1.53. The molecule has 0 aromatic carbocycles. The molecular weight excluding hydrogens is 107 g/mol. The van der Waals surface area contributed by atoms with Crippen LogP contribution in [0, 0.1) is 0 Å². The molecule has 0 fully saturated rings. The van der Waals surface area contributed by atoms with Crippen LogP contribution in [0.2, 0.25) is 0 Å². The largest absolute Gasteiger partial charge is 0.227 e. The van der Waals surface area contributed by atoms with E-state index in [-0.39, 0.29) is 0 Å². The number of hydrogen-bond acceptors (Lipinski definition) is 1. The first-order valence-electron chi connectivity index (χ1n) is 1.53. The number of hydrogen-bond donors (Lipinski definition) is 1. The van der Waals surface area contributed by atoms with Crippen molar-refractivity contribution < 1.29 is 13.3 Å². The normalized spacial score (nSPS) is 13.6. The van der Waals surface area contributed by atoms with Gasteiger partial charge in [-0.25, -0.2) is 8.78 Å². The Balaban J connectivity index is 3.34. The van der Waals surface area contributed by atoms with Crippen molar-refractivity contribution in [2.24, 2.45) is 0 Å². The van der Waals surface area contributed by atoms with E-state index in [0.29, 0.717) is 5.54 Å². The molecule has 1 atom stereocenters. The molecule has 0 saturated heterocycles. The first kappa shape index (κ1) is 6.49. The second kappa shape index (κ2) is 2.63. The standard InChI is InChI=1S/C3H4F3N/c1-2(4)3(5)7-6/h3,7H,1H2. The van der Waals surface area contributed by atoms with Crippen LogP contribution < -0.4 is 5.54 Å². The minimum absolute atomic E-state index is 0.523. The van der Waals surface area contributed by atoms with E-state index < -0.39 is 12.1 Å². The van der Waals surface area contributed by atoms with Gasteiger partial charge in [-0.1, -0.05) is 6.58 Å². The van der Waals surface area contributed by atoms with Gasteiger partial charge in [0.15, 0.2) is 0 Å². The van der Waals surface area contributed by atoms with Crippen molar-refractivity contribution in [1.82, 2.24) is 5.54 Å². The van der Waals surface area contributed by atoms with Crippen LogP contribution in [0.3, 0.4) is 0 Å². The van der Waals surface area contributed by atoms with E-state index in [2.05, 4.69) is 6.58 Å². The molecule has 0 heterocycles. The molecule has 0 aromatic rings. The van der Waals surface area contributed by atoms with Crippen LogP contribution in [0.25, 0.3) is 0 Å². The molecule has 0 radical (unpaired) electrons. The van der Waals surface area contributed by atoms with Gasteiger partial charge in [-0.15, -0.1) is 10.0 Å². The molecule has 0 rings (SSSR count). The van der Waals surface area contributed by atoms with Crippen LogP contribution in [0.4, 0.5) is 13.3 Å². The summed E-state index contributed by atoms with van der Waals surface area (Å²) in [5.74, 6) is -1.36. The summed E-state index contributed by atoms with van der Waals surface area (Å²) in [5, 5.41) is 0. The van der Waals surface area contributed by atoms with Gasteiger partial charge < -0.3 is 0 Å². The molecule has 1 nitrogen and oxygen atoms in total. The molecule has 0 aliphatic rings. The predicted octanol–water partition coefficient (Wildman–Crippen LogP) is 1.24. The zero-order valence-corrected chi connectivity index (χ0v) is 3.42. The van der Waals surface area contributed by atoms with Gasteiger partial charge in [0.2, 0.25) is 6.30 Å². The first-order chi connectivity index (χ1) is 3.18. The van der Waals surface area contributed by atoms with Crippen LogP contribution in [-0.2, 0) is 0 Å². The van der Waals surface area contributed by atoms with Gasteiger partial charge in [0.05, 0.1) is 0 Å². The summed E-state index contributed by atoms with van der Waals surface area (Å²) in [6.07, 6.45) is -2.38. The lowest BCUT2D eigenvalue weighted by atomic mass is 10.6. The van der Waals surface area contributed by atoms with Crippen LogP contribution >= 0.6 is 0 Å². The Labute approximate surface area is 38.8 Å². The highest BCUT2D eigenvalue weighted by molar-refractivity contribution is 4.85. The second-order valence-electron chi connectivity index (χ2n) is 0.919. The lowest BCUT2D eigenvalue weighted by Gasteiger charge is -1.94. The summed E-state index contributed by atoms with van der Waals surface area (Å²) in [7, 11) is 0. The molecule has 0 saturated carbocycles. The summed E-state index contributed by atoms with van der Waals surface area (Å²) in [4.78, 5) is 0. The molecular formula is C3H4F3N. The van der Waals surface area contributed by atoms with Crippen LogP contribution in [0.15, 0.2) is 12.4 Å². The topological polar surface area (TPSA) is 12.0 Å². The molecule has 42 valence electrons. The van der Waals surface area contributed by atoms with Gasteiger partial charge in [0, 0.05) is 0 Å². The third-order valence-electron chi connectivity index (χ3n) is 0.371. The maximum absolute atomic E-state index is 11.3. The number of nitrogens with one attached hydrogen (secondary N) is 1. The highest BCUT2D eigenvalue weighted by Gasteiger charge is 2.06. The average molecular weight is 111 g/mol. The zero-order chi connectivity index (χ0) is 5.86. The van der Waals surface area contributed by atoms with Crippen molar-refractivity contribution in [2.45, 2.75) is 6.30 Å². The van der Waals surface area contributed by atoms with Crippen molar-refractivity contribution >= 4 is 0 Å². The van der Waals surface area contributed by atoms with E-state index in [9.17, 15) is 13.3 Å². The predicted molar refractivity (Wildman–Crippen MR) is 19.4 cm³/mol. The van der Waals surface area contributed by atoms with Crippen molar-refractivity contribution in [1.29, 1.82) is 0 Å². The van der Waals surface area contributed by atoms with Crippen LogP contribution in [0.1, 0.15) is 0 Å². The van der Waals surface area contributed by atoms with E-state index in [0.717, 1.165) is 0 Å². The van der Waals surface area contributed by atoms with Gasteiger partial charge in [-0.2, -0.15) is 0 Å². The van der Waals surface area contributed by atoms with E-state index in [1.54, 1.807) is 0 Å². The summed E-state index contributed by atoms with van der Waals surface area (Å²) >= 11 is 0. The Morgan fingerprint density at radius 1 is 1.71 bits per heavy atom. The van der Waals surface area contributed by atoms with E-state index in [4.69, 9.17) is 0 Å². The SMILES string of the molecule is C=C(F)C(F)NF. The molecule has 0 spiro atoms. The molecule has 0 bridgehead atoms. The smallest absolute Gasteiger partial charge is 0.220 e. The van der Waals surface area contributed by atoms with Crippen LogP contribution in [0.5, 0.6) is 0 Å². The molecule has 0 aromatic heterocycles. The third-order valence-corrected chi connectivity index (χ3v) is 0.371.